The Balaban J connectivity index is 2.19. The Labute approximate surface area is 93.2 Å². The van der Waals surface area contributed by atoms with Crippen molar-refractivity contribution in [2.24, 2.45) is 7.05 Å². The molecule has 1 fully saturated rings. The van der Waals surface area contributed by atoms with Crippen LogP contribution in [-0.4, -0.2) is 28.7 Å². The van der Waals surface area contributed by atoms with Crippen molar-refractivity contribution >= 4 is 5.91 Å². The second-order valence-electron chi connectivity index (χ2n) is 3.81. The van der Waals surface area contributed by atoms with E-state index in [-0.39, 0.29) is 11.5 Å². The van der Waals surface area contributed by atoms with Crippen molar-refractivity contribution in [3.8, 4) is 0 Å². The van der Waals surface area contributed by atoms with Gasteiger partial charge in [-0.3, -0.25) is 14.4 Å². The minimum Gasteiger partial charge on any atom is -0.319 e. The molecule has 0 atom stereocenters. The molecule has 1 aromatic heterocycles. The number of aryl methyl sites for hydroxylation is 1. The summed E-state index contributed by atoms with van der Waals surface area (Å²) < 4.78 is 1.42. The highest BCUT2D eigenvalue weighted by atomic mass is 16.7. The van der Waals surface area contributed by atoms with Crippen LogP contribution in [0.15, 0.2) is 23.1 Å². The van der Waals surface area contributed by atoms with E-state index < -0.39 is 0 Å². The average molecular weight is 222 g/mol. The van der Waals surface area contributed by atoms with Crippen molar-refractivity contribution in [1.29, 1.82) is 0 Å². The van der Waals surface area contributed by atoms with Crippen LogP contribution in [0.25, 0.3) is 0 Å². The fourth-order valence-electron chi connectivity index (χ4n) is 1.58. The van der Waals surface area contributed by atoms with Crippen molar-refractivity contribution in [3.63, 3.8) is 0 Å². The molecule has 1 aliphatic heterocycles. The second-order valence-corrected chi connectivity index (χ2v) is 3.81. The van der Waals surface area contributed by atoms with Crippen LogP contribution in [0, 0.1) is 0 Å². The quantitative estimate of drug-likeness (QED) is 0.697. The summed E-state index contributed by atoms with van der Waals surface area (Å²) in [5.74, 6) is -0.239. The Kier molecular flexibility index (Phi) is 3.05. The molecule has 0 bridgehead atoms. The summed E-state index contributed by atoms with van der Waals surface area (Å²) in [6.45, 7) is 1.16. The fourth-order valence-corrected chi connectivity index (χ4v) is 1.58. The largest absolute Gasteiger partial charge is 0.319 e. The normalized spacial score (nSPS) is 16.2. The molecule has 0 N–H and O–H groups in total. The zero-order chi connectivity index (χ0) is 11.5. The number of rotatable bonds is 1. The molecule has 5 nitrogen and oxygen atoms in total. The number of hydroxylamine groups is 2. The first-order valence-electron chi connectivity index (χ1n) is 5.30. The molecule has 1 aromatic rings. The van der Waals surface area contributed by atoms with Gasteiger partial charge in [0.25, 0.3) is 11.5 Å². The van der Waals surface area contributed by atoms with Gasteiger partial charge < -0.3 is 4.57 Å². The molecule has 0 aliphatic carbocycles. The van der Waals surface area contributed by atoms with Crippen LogP contribution in [0.5, 0.6) is 0 Å². The topological polar surface area (TPSA) is 51.5 Å². The van der Waals surface area contributed by atoms with Crippen molar-refractivity contribution in [2.45, 2.75) is 12.8 Å². The number of aromatic nitrogens is 1. The van der Waals surface area contributed by atoms with Crippen LogP contribution in [0.1, 0.15) is 23.2 Å². The Hall–Kier alpha value is -1.62. The molecule has 1 amide bonds. The first-order valence-corrected chi connectivity index (χ1v) is 5.30. The van der Waals surface area contributed by atoms with Crippen LogP contribution in [0.2, 0.25) is 0 Å². The van der Waals surface area contributed by atoms with Crippen LogP contribution in [0.3, 0.4) is 0 Å². The Bertz CT molecular complexity index is 447. The highest BCUT2D eigenvalue weighted by Crippen LogP contribution is 2.10. The zero-order valence-electron chi connectivity index (χ0n) is 9.18. The third-order valence-electron chi connectivity index (χ3n) is 2.58. The molecule has 0 unspecified atom stereocenters. The molecular weight excluding hydrogens is 208 g/mol. The predicted molar refractivity (Wildman–Crippen MR) is 57.9 cm³/mol. The molecule has 0 radical (unpaired) electrons. The Morgan fingerprint density at radius 3 is 2.88 bits per heavy atom. The monoisotopic (exact) mass is 222 g/mol. The van der Waals surface area contributed by atoms with E-state index in [0.29, 0.717) is 18.7 Å². The lowest BCUT2D eigenvalue weighted by Gasteiger charge is -2.25. The number of pyridine rings is 1. The van der Waals surface area contributed by atoms with E-state index in [0.717, 1.165) is 12.8 Å². The standard InChI is InChI=1S/C11H14N2O3/c1-12-6-4-9(8-10(12)14)11(15)13-5-2-3-7-16-13/h4,6,8H,2-3,5,7H2,1H3. The number of hydrogen-bond donors (Lipinski definition) is 0. The summed E-state index contributed by atoms with van der Waals surface area (Å²) in [4.78, 5) is 28.5. The van der Waals surface area contributed by atoms with Gasteiger partial charge in [0.15, 0.2) is 0 Å². The smallest absolute Gasteiger partial charge is 0.277 e. The highest BCUT2D eigenvalue weighted by Gasteiger charge is 2.19. The summed E-state index contributed by atoms with van der Waals surface area (Å²) in [5.41, 5.74) is 0.188. The Morgan fingerprint density at radius 2 is 2.25 bits per heavy atom. The zero-order valence-corrected chi connectivity index (χ0v) is 9.18. The van der Waals surface area contributed by atoms with E-state index in [1.807, 2.05) is 0 Å². The number of amides is 1. The Morgan fingerprint density at radius 1 is 1.44 bits per heavy atom. The maximum Gasteiger partial charge on any atom is 0.277 e. The lowest BCUT2D eigenvalue weighted by molar-refractivity contribution is -0.144. The molecule has 1 saturated heterocycles. The van der Waals surface area contributed by atoms with Gasteiger partial charge >= 0.3 is 0 Å². The van der Waals surface area contributed by atoms with E-state index in [9.17, 15) is 9.59 Å². The summed E-state index contributed by atoms with van der Waals surface area (Å²) >= 11 is 0. The molecule has 0 aromatic carbocycles. The number of carbonyl (C=O) groups is 1. The van der Waals surface area contributed by atoms with Gasteiger partial charge in [-0.1, -0.05) is 0 Å². The van der Waals surface area contributed by atoms with Gasteiger partial charge in [-0.2, -0.15) is 0 Å². The van der Waals surface area contributed by atoms with Crippen LogP contribution >= 0.6 is 0 Å². The minimum atomic E-state index is -0.239. The van der Waals surface area contributed by atoms with Crippen molar-refractivity contribution in [1.82, 2.24) is 9.63 Å². The molecule has 2 rings (SSSR count). The predicted octanol–water partition coefficient (Wildman–Crippen LogP) is 0.553. The lowest BCUT2D eigenvalue weighted by Crippen LogP contribution is -2.36. The van der Waals surface area contributed by atoms with Gasteiger partial charge in [0.2, 0.25) is 0 Å². The summed E-state index contributed by atoms with van der Waals surface area (Å²) in [5, 5.41) is 1.33. The molecule has 0 saturated carbocycles. The molecule has 86 valence electrons. The van der Waals surface area contributed by atoms with E-state index >= 15 is 0 Å². The van der Waals surface area contributed by atoms with E-state index in [1.54, 1.807) is 19.3 Å². The van der Waals surface area contributed by atoms with E-state index in [2.05, 4.69) is 0 Å². The van der Waals surface area contributed by atoms with Gasteiger partial charge in [-0.15, -0.1) is 0 Å². The van der Waals surface area contributed by atoms with Crippen molar-refractivity contribution < 1.29 is 9.63 Å². The fraction of sp³-hybridized carbons (Fsp3) is 0.455. The first-order chi connectivity index (χ1) is 7.68. The maximum absolute atomic E-state index is 11.9. The second kappa shape index (κ2) is 4.49. The third kappa shape index (κ3) is 2.14. The van der Waals surface area contributed by atoms with Crippen LogP contribution in [-0.2, 0) is 11.9 Å². The lowest BCUT2D eigenvalue weighted by atomic mass is 10.2. The molecule has 0 spiro atoms. The van der Waals surface area contributed by atoms with Gasteiger partial charge in [-0.05, 0) is 18.9 Å². The summed E-state index contributed by atoms with van der Waals surface area (Å²) in [6, 6.07) is 2.96. The van der Waals surface area contributed by atoms with E-state index in [4.69, 9.17) is 4.84 Å². The van der Waals surface area contributed by atoms with Gasteiger partial charge in [0.05, 0.1) is 6.61 Å². The molecular formula is C11H14N2O3. The SMILES string of the molecule is Cn1ccc(C(=O)N2CCCCO2)cc1=O. The summed E-state index contributed by atoms with van der Waals surface area (Å²) in [6.07, 6.45) is 3.50. The van der Waals surface area contributed by atoms with Crippen LogP contribution < -0.4 is 5.56 Å². The molecule has 2 heterocycles. The van der Waals surface area contributed by atoms with E-state index in [1.165, 1.54) is 15.7 Å². The van der Waals surface area contributed by atoms with Gasteiger partial charge in [-0.25, -0.2) is 5.06 Å². The van der Waals surface area contributed by atoms with Crippen LogP contribution in [0.4, 0.5) is 0 Å². The molecule has 16 heavy (non-hydrogen) atoms. The van der Waals surface area contributed by atoms with Crippen molar-refractivity contribution in [2.75, 3.05) is 13.2 Å². The van der Waals surface area contributed by atoms with Gasteiger partial charge in [0.1, 0.15) is 0 Å². The average Bonchev–Trinajstić information content (AvgIpc) is 2.33. The third-order valence-corrected chi connectivity index (χ3v) is 2.58. The first kappa shape index (κ1) is 10.9. The number of nitrogens with zero attached hydrogens (tertiary/aromatic N) is 2. The van der Waals surface area contributed by atoms with Crippen molar-refractivity contribution in [3.05, 3.63) is 34.2 Å². The van der Waals surface area contributed by atoms with Gasteiger partial charge in [0, 0.05) is 31.4 Å². The maximum atomic E-state index is 11.9. The number of hydrogen-bond acceptors (Lipinski definition) is 3. The molecule has 5 heteroatoms. The highest BCUT2D eigenvalue weighted by molar-refractivity contribution is 5.93. The summed E-state index contributed by atoms with van der Waals surface area (Å²) in [7, 11) is 1.65. The molecule has 1 aliphatic rings. The minimum absolute atomic E-state index is 0.192. The number of carbonyl (C=O) groups excluding carboxylic acids is 1.